The van der Waals surface area contributed by atoms with Crippen LogP contribution in [0.1, 0.15) is 19.3 Å². The molecular weight excluding hydrogens is 276 g/mol. The van der Waals surface area contributed by atoms with Crippen LogP contribution in [0.5, 0.6) is 5.75 Å². The van der Waals surface area contributed by atoms with Gasteiger partial charge in [0.05, 0.1) is 17.7 Å². The molecule has 1 amide bonds. The van der Waals surface area contributed by atoms with E-state index in [2.05, 4.69) is 6.07 Å². The van der Waals surface area contributed by atoms with Gasteiger partial charge in [-0.2, -0.15) is 5.26 Å². The normalized spacial score (nSPS) is 15.7. The summed E-state index contributed by atoms with van der Waals surface area (Å²) in [5, 5.41) is 9.66. The van der Waals surface area contributed by atoms with Gasteiger partial charge in [-0.3, -0.25) is 4.79 Å². The SMILES string of the molecule is N#CC(CCOc1ccccc1Cl)C(=O)N1CCCC1. The Morgan fingerprint density at radius 3 is 2.75 bits per heavy atom. The van der Waals surface area contributed by atoms with E-state index in [1.807, 2.05) is 12.1 Å². The number of hydrogen-bond acceptors (Lipinski definition) is 3. The van der Waals surface area contributed by atoms with E-state index in [0.717, 1.165) is 25.9 Å². The van der Waals surface area contributed by atoms with Crippen LogP contribution in [-0.2, 0) is 4.79 Å². The predicted molar refractivity (Wildman–Crippen MR) is 76.5 cm³/mol. The van der Waals surface area contributed by atoms with E-state index in [4.69, 9.17) is 21.6 Å². The second-order valence-corrected chi connectivity index (χ2v) is 5.19. The van der Waals surface area contributed by atoms with Gasteiger partial charge in [0, 0.05) is 19.5 Å². The van der Waals surface area contributed by atoms with Gasteiger partial charge in [0.15, 0.2) is 0 Å². The molecule has 2 rings (SSSR count). The van der Waals surface area contributed by atoms with Crippen molar-refractivity contribution >= 4 is 17.5 Å². The number of carbonyl (C=O) groups is 1. The molecule has 1 aromatic carbocycles. The van der Waals surface area contributed by atoms with E-state index < -0.39 is 5.92 Å². The molecule has 0 N–H and O–H groups in total. The number of para-hydroxylation sites is 1. The molecule has 5 heteroatoms. The second kappa shape index (κ2) is 7.16. The van der Waals surface area contributed by atoms with Gasteiger partial charge in [0.1, 0.15) is 11.7 Å². The van der Waals surface area contributed by atoms with E-state index in [1.54, 1.807) is 17.0 Å². The first-order valence-corrected chi connectivity index (χ1v) is 7.16. The molecule has 1 aromatic rings. The molecule has 1 aliphatic heterocycles. The number of carbonyl (C=O) groups excluding carboxylic acids is 1. The number of ether oxygens (including phenoxy) is 1. The minimum atomic E-state index is -0.629. The van der Waals surface area contributed by atoms with Gasteiger partial charge < -0.3 is 9.64 Å². The molecule has 106 valence electrons. The Balaban J connectivity index is 1.84. The van der Waals surface area contributed by atoms with Gasteiger partial charge in [0.2, 0.25) is 5.91 Å². The summed E-state index contributed by atoms with van der Waals surface area (Å²) in [6.07, 6.45) is 2.44. The number of rotatable bonds is 5. The van der Waals surface area contributed by atoms with Crippen molar-refractivity contribution in [2.75, 3.05) is 19.7 Å². The topological polar surface area (TPSA) is 53.3 Å². The quantitative estimate of drug-likeness (QED) is 0.838. The Hall–Kier alpha value is -1.73. The second-order valence-electron chi connectivity index (χ2n) is 4.78. The lowest BCUT2D eigenvalue weighted by atomic mass is 10.1. The summed E-state index contributed by atoms with van der Waals surface area (Å²) in [6, 6.07) is 9.24. The minimum absolute atomic E-state index is 0.0761. The van der Waals surface area contributed by atoms with E-state index >= 15 is 0 Å². The average Bonchev–Trinajstić information content (AvgIpc) is 2.99. The zero-order valence-corrected chi connectivity index (χ0v) is 12.0. The molecule has 0 bridgehead atoms. The van der Waals surface area contributed by atoms with Crippen LogP contribution in [0.25, 0.3) is 0 Å². The first kappa shape index (κ1) is 14.7. The summed E-state index contributed by atoms with van der Waals surface area (Å²) in [5.41, 5.74) is 0. The van der Waals surface area contributed by atoms with Crippen molar-refractivity contribution < 1.29 is 9.53 Å². The fraction of sp³-hybridized carbons (Fsp3) is 0.467. The molecule has 0 aliphatic carbocycles. The van der Waals surface area contributed by atoms with Crippen molar-refractivity contribution in [3.63, 3.8) is 0 Å². The van der Waals surface area contributed by atoms with Crippen LogP contribution in [-0.4, -0.2) is 30.5 Å². The maximum absolute atomic E-state index is 12.1. The molecule has 20 heavy (non-hydrogen) atoms. The molecule has 1 aliphatic rings. The van der Waals surface area contributed by atoms with Crippen LogP contribution in [0.4, 0.5) is 0 Å². The first-order valence-electron chi connectivity index (χ1n) is 6.78. The first-order chi connectivity index (χ1) is 9.72. The molecule has 1 fully saturated rings. The third-order valence-corrected chi connectivity index (χ3v) is 3.68. The number of hydrogen-bond donors (Lipinski definition) is 0. The van der Waals surface area contributed by atoms with Crippen LogP contribution in [0.15, 0.2) is 24.3 Å². The zero-order chi connectivity index (χ0) is 14.4. The van der Waals surface area contributed by atoms with E-state index in [-0.39, 0.29) is 5.91 Å². The van der Waals surface area contributed by atoms with Gasteiger partial charge in [-0.15, -0.1) is 0 Å². The zero-order valence-electron chi connectivity index (χ0n) is 11.2. The predicted octanol–water partition coefficient (Wildman–Crippen LogP) is 2.87. The standard InChI is InChI=1S/C15H17ClN2O2/c16-13-5-1-2-6-14(13)20-10-7-12(11-17)15(19)18-8-3-4-9-18/h1-2,5-6,12H,3-4,7-10H2. The summed E-state index contributed by atoms with van der Waals surface area (Å²) in [4.78, 5) is 13.9. The molecule has 0 aromatic heterocycles. The molecular formula is C15H17ClN2O2. The van der Waals surface area contributed by atoms with Gasteiger partial charge in [0.25, 0.3) is 0 Å². The molecule has 1 heterocycles. The van der Waals surface area contributed by atoms with Crippen molar-refractivity contribution in [2.45, 2.75) is 19.3 Å². The number of benzene rings is 1. The number of amides is 1. The van der Waals surface area contributed by atoms with E-state index in [1.165, 1.54) is 0 Å². The van der Waals surface area contributed by atoms with Crippen molar-refractivity contribution in [3.8, 4) is 11.8 Å². The van der Waals surface area contributed by atoms with Crippen LogP contribution >= 0.6 is 11.6 Å². The minimum Gasteiger partial charge on any atom is -0.492 e. The summed E-state index contributed by atoms with van der Waals surface area (Å²) in [7, 11) is 0. The molecule has 4 nitrogen and oxygen atoms in total. The van der Waals surface area contributed by atoms with Gasteiger partial charge in [-0.25, -0.2) is 0 Å². The summed E-state index contributed by atoms with van der Waals surface area (Å²) >= 11 is 5.97. The Morgan fingerprint density at radius 1 is 1.40 bits per heavy atom. The highest BCUT2D eigenvalue weighted by atomic mass is 35.5. The molecule has 1 unspecified atom stereocenters. The Labute approximate surface area is 123 Å². The number of halogens is 1. The highest BCUT2D eigenvalue weighted by Crippen LogP contribution is 2.23. The van der Waals surface area contributed by atoms with E-state index in [9.17, 15) is 4.79 Å². The number of likely N-dealkylation sites (tertiary alicyclic amines) is 1. The van der Waals surface area contributed by atoms with E-state index in [0.29, 0.717) is 23.8 Å². The van der Waals surface area contributed by atoms with Gasteiger partial charge in [-0.05, 0) is 25.0 Å². The highest BCUT2D eigenvalue weighted by Gasteiger charge is 2.26. The highest BCUT2D eigenvalue weighted by molar-refractivity contribution is 6.32. The average molecular weight is 293 g/mol. The number of nitriles is 1. The largest absolute Gasteiger partial charge is 0.492 e. The van der Waals surface area contributed by atoms with Gasteiger partial charge >= 0.3 is 0 Å². The monoisotopic (exact) mass is 292 g/mol. The summed E-state index contributed by atoms with van der Waals surface area (Å²) < 4.78 is 5.53. The molecule has 0 radical (unpaired) electrons. The number of nitrogens with zero attached hydrogens (tertiary/aromatic N) is 2. The summed E-state index contributed by atoms with van der Waals surface area (Å²) in [6.45, 7) is 1.84. The molecule has 1 saturated heterocycles. The van der Waals surface area contributed by atoms with Crippen LogP contribution in [0.2, 0.25) is 5.02 Å². The van der Waals surface area contributed by atoms with Crippen molar-refractivity contribution in [2.24, 2.45) is 5.92 Å². The van der Waals surface area contributed by atoms with Crippen molar-refractivity contribution in [3.05, 3.63) is 29.3 Å². The third-order valence-electron chi connectivity index (χ3n) is 3.37. The van der Waals surface area contributed by atoms with Gasteiger partial charge in [-0.1, -0.05) is 23.7 Å². The molecule has 1 atom stereocenters. The smallest absolute Gasteiger partial charge is 0.240 e. The fourth-order valence-corrected chi connectivity index (χ4v) is 2.44. The maximum atomic E-state index is 12.1. The Bertz CT molecular complexity index is 507. The van der Waals surface area contributed by atoms with Crippen molar-refractivity contribution in [1.82, 2.24) is 4.90 Å². The lowest BCUT2D eigenvalue weighted by Gasteiger charge is -2.18. The maximum Gasteiger partial charge on any atom is 0.240 e. The third kappa shape index (κ3) is 3.64. The van der Waals surface area contributed by atoms with Crippen LogP contribution in [0.3, 0.4) is 0 Å². The fourth-order valence-electron chi connectivity index (χ4n) is 2.25. The Morgan fingerprint density at radius 2 is 2.10 bits per heavy atom. The Kier molecular flexibility index (Phi) is 5.25. The van der Waals surface area contributed by atoms with Crippen LogP contribution < -0.4 is 4.74 Å². The summed E-state index contributed by atoms with van der Waals surface area (Å²) in [5.74, 6) is -0.122. The molecule has 0 spiro atoms. The molecule has 0 saturated carbocycles. The lowest BCUT2D eigenvalue weighted by molar-refractivity contribution is -0.133. The lowest BCUT2D eigenvalue weighted by Crippen LogP contribution is -2.33. The van der Waals surface area contributed by atoms with Crippen LogP contribution in [0, 0.1) is 17.2 Å². The van der Waals surface area contributed by atoms with Crippen molar-refractivity contribution in [1.29, 1.82) is 5.26 Å².